The molecule has 3 amide bonds. The molecule has 0 aliphatic carbocycles. The summed E-state index contributed by atoms with van der Waals surface area (Å²) < 4.78 is 21.6. The van der Waals surface area contributed by atoms with Crippen LogP contribution in [0.5, 0.6) is 0 Å². The molecule has 2 heterocycles. The highest BCUT2D eigenvalue weighted by atomic mass is 16.6. The third-order valence-corrected chi connectivity index (χ3v) is 9.97. The summed E-state index contributed by atoms with van der Waals surface area (Å²) >= 11 is 0. The van der Waals surface area contributed by atoms with Gasteiger partial charge in [-0.2, -0.15) is 0 Å². The van der Waals surface area contributed by atoms with E-state index in [4.69, 9.17) is 23.6 Å². The standard InChI is InChI=1S/C29H27N3O6.C20H18N2O5/c1-18-25(31-29(36)37-19(2)21-11-7-4-8-12-21)26(38-32-18)22-13-15-23(16-14-22)27(33)30-24(28(34)35)17-20-9-5-3-6-10-20;1-12-17(21-20(25)26-13(2)14-6-4-3-5-7-14)18(27-22-12)15-8-10-16(11-9-15)19(23)24/h3-16,19,24H,17H2,1-2H3,(H,30,33)(H,31,36)(H,34,35);3-11,13H,1-2H3,(H,21,25)(H,23,24)/t19-,24-;13-/m00/s1. The molecule has 0 radical (unpaired) electrons. The average Bonchev–Trinajstić information content (AvgIpc) is 3.86. The van der Waals surface area contributed by atoms with Gasteiger partial charge in [0.2, 0.25) is 0 Å². The summed E-state index contributed by atoms with van der Waals surface area (Å²) in [6.07, 6.45) is -2.03. The number of aromatic carboxylic acids is 1. The molecular formula is C49H45N5O11. The number of aliphatic carboxylic acids is 1. The van der Waals surface area contributed by atoms with E-state index >= 15 is 0 Å². The lowest BCUT2D eigenvalue weighted by Gasteiger charge is -2.15. The normalized spacial score (nSPS) is 12.0. The van der Waals surface area contributed by atoms with Crippen LogP contribution in [-0.4, -0.2) is 56.6 Å². The van der Waals surface area contributed by atoms with Crippen molar-refractivity contribution < 1.29 is 52.7 Å². The minimum Gasteiger partial charge on any atom is -0.480 e. The molecule has 0 aliphatic heterocycles. The molecule has 0 fully saturated rings. The van der Waals surface area contributed by atoms with Gasteiger partial charge in [-0.1, -0.05) is 126 Å². The number of ether oxygens (including phenoxy) is 2. The van der Waals surface area contributed by atoms with E-state index in [0.717, 1.165) is 16.7 Å². The van der Waals surface area contributed by atoms with E-state index in [9.17, 15) is 29.1 Å². The number of nitrogens with zero attached hydrogens (tertiary/aromatic N) is 2. The maximum absolute atomic E-state index is 12.7. The monoisotopic (exact) mass is 879 g/mol. The van der Waals surface area contributed by atoms with Gasteiger partial charge in [-0.25, -0.2) is 19.2 Å². The fraction of sp³-hybridized carbons (Fsp3) is 0.163. The molecule has 65 heavy (non-hydrogen) atoms. The minimum absolute atomic E-state index is 0.153. The predicted octanol–water partition coefficient (Wildman–Crippen LogP) is 10.0. The number of carboxylic acids is 2. The van der Waals surface area contributed by atoms with Gasteiger partial charge in [-0.3, -0.25) is 15.4 Å². The Hall–Kier alpha value is -8.53. The second-order valence-corrected chi connectivity index (χ2v) is 14.6. The molecule has 7 rings (SSSR count). The number of carbonyl (C=O) groups is 5. The number of hydrogen-bond donors (Lipinski definition) is 5. The van der Waals surface area contributed by atoms with Crippen LogP contribution in [-0.2, 0) is 20.7 Å². The largest absolute Gasteiger partial charge is 0.480 e. The summed E-state index contributed by atoms with van der Waals surface area (Å²) in [4.78, 5) is 60.3. The van der Waals surface area contributed by atoms with Crippen molar-refractivity contribution in [2.45, 2.75) is 52.4 Å². The van der Waals surface area contributed by atoms with E-state index in [1.165, 1.54) is 12.1 Å². The minimum atomic E-state index is -1.12. The van der Waals surface area contributed by atoms with Crippen molar-refractivity contribution in [3.63, 3.8) is 0 Å². The van der Waals surface area contributed by atoms with Gasteiger partial charge >= 0.3 is 24.1 Å². The first-order chi connectivity index (χ1) is 31.3. The number of rotatable bonds is 14. The molecule has 16 heteroatoms. The Kier molecular flexibility index (Phi) is 15.2. The molecule has 16 nitrogen and oxygen atoms in total. The SMILES string of the molecule is Cc1noc(-c2ccc(C(=O)N[C@@H](Cc3ccccc3)C(=O)O)cc2)c1NC(=O)O[C@@H](C)c1ccccc1.Cc1noc(-c2ccc(C(=O)O)cc2)c1NC(=O)O[C@@H](C)c1ccccc1. The van der Waals surface area contributed by atoms with E-state index in [-0.39, 0.29) is 17.5 Å². The summed E-state index contributed by atoms with van der Waals surface area (Å²) in [7, 11) is 0. The second-order valence-electron chi connectivity index (χ2n) is 14.6. The number of benzene rings is 5. The Morgan fingerprint density at radius 1 is 0.569 bits per heavy atom. The van der Waals surface area contributed by atoms with Crippen molar-refractivity contribution >= 4 is 41.4 Å². The molecule has 3 atom stereocenters. The molecule has 0 aliphatic rings. The predicted molar refractivity (Wildman–Crippen MR) is 239 cm³/mol. The third kappa shape index (κ3) is 12.3. The number of carbonyl (C=O) groups excluding carboxylic acids is 3. The van der Waals surface area contributed by atoms with Gasteiger partial charge < -0.3 is 34.0 Å². The number of hydrogen-bond acceptors (Lipinski definition) is 11. The third-order valence-electron chi connectivity index (χ3n) is 9.97. The lowest BCUT2D eigenvalue weighted by atomic mass is 10.0. The number of amides is 3. The molecule has 0 saturated heterocycles. The number of aryl methyl sites for hydroxylation is 2. The highest BCUT2D eigenvalue weighted by Gasteiger charge is 2.24. The summed E-state index contributed by atoms with van der Waals surface area (Å²) in [6, 6.07) is 39.2. The van der Waals surface area contributed by atoms with Gasteiger partial charge in [0.15, 0.2) is 11.5 Å². The molecule has 7 aromatic rings. The Labute approximate surface area is 373 Å². The summed E-state index contributed by atoms with van der Waals surface area (Å²) in [5, 5.41) is 34.3. The quantitative estimate of drug-likeness (QED) is 0.0685. The van der Waals surface area contributed by atoms with Gasteiger partial charge in [-0.05, 0) is 68.7 Å². The zero-order valence-corrected chi connectivity index (χ0v) is 35.7. The molecule has 0 bridgehead atoms. The van der Waals surface area contributed by atoms with Crippen molar-refractivity contribution in [3.05, 3.63) is 179 Å². The first-order valence-electron chi connectivity index (χ1n) is 20.3. The van der Waals surface area contributed by atoms with E-state index < -0.39 is 48.3 Å². The first kappa shape index (κ1) is 46.0. The highest BCUT2D eigenvalue weighted by molar-refractivity contribution is 5.97. The van der Waals surface area contributed by atoms with Gasteiger partial charge in [0.25, 0.3) is 5.91 Å². The van der Waals surface area contributed by atoms with Crippen LogP contribution in [0.25, 0.3) is 22.6 Å². The van der Waals surface area contributed by atoms with E-state index in [1.807, 2.05) is 78.9 Å². The zero-order valence-electron chi connectivity index (χ0n) is 35.7. The van der Waals surface area contributed by atoms with Crippen molar-refractivity contribution in [2.24, 2.45) is 0 Å². The number of nitrogens with one attached hydrogen (secondary N) is 3. The smallest absolute Gasteiger partial charge is 0.412 e. The molecule has 2 aromatic heterocycles. The fourth-order valence-electron chi connectivity index (χ4n) is 6.42. The maximum Gasteiger partial charge on any atom is 0.412 e. The van der Waals surface area contributed by atoms with Gasteiger partial charge in [0.1, 0.15) is 41.0 Å². The molecule has 5 N–H and O–H groups in total. The Bertz CT molecular complexity index is 2720. The first-order valence-corrected chi connectivity index (χ1v) is 20.3. The Morgan fingerprint density at radius 3 is 1.37 bits per heavy atom. The lowest BCUT2D eigenvalue weighted by molar-refractivity contribution is -0.139. The van der Waals surface area contributed by atoms with Crippen LogP contribution in [0.15, 0.2) is 149 Å². The van der Waals surface area contributed by atoms with E-state index in [2.05, 4.69) is 26.3 Å². The van der Waals surface area contributed by atoms with Crippen LogP contribution in [0, 0.1) is 13.8 Å². The van der Waals surface area contributed by atoms with Crippen LogP contribution < -0.4 is 16.0 Å². The summed E-state index contributed by atoms with van der Waals surface area (Å²) in [5.74, 6) is -2.04. The molecule has 0 saturated carbocycles. The molecule has 0 unspecified atom stereocenters. The van der Waals surface area contributed by atoms with Crippen LogP contribution in [0.2, 0.25) is 0 Å². The van der Waals surface area contributed by atoms with Crippen LogP contribution in [0.3, 0.4) is 0 Å². The zero-order chi connectivity index (χ0) is 46.5. The van der Waals surface area contributed by atoms with Crippen molar-refractivity contribution in [1.82, 2.24) is 15.6 Å². The molecule has 332 valence electrons. The van der Waals surface area contributed by atoms with Crippen LogP contribution in [0.1, 0.15) is 74.8 Å². The number of carboxylic acid groups (broad SMARTS) is 2. The molecule has 5 aromatic carbocycles. The maximum atomic E-state index is 12.7. The second kappa shape index (κ2) is 21.5. The van der Waals surface area contributed by atoms with Gasteiger partial charge in [0, 0.05) is 23.1 Å². The Morgan fingerprint density at radius 2 is 0.969 bits per heavy atom. The topological polar surface area (TPSA) is 232 Å². The average molecular weight is 880 g/mol. The number of aromatic nitrogens is 2. The molecule has 0 spiro atoms. The fourth-order valence-corrected chi connectivity index (χ4v) is 6.42. The van der Waals surface area contributed by atoms with Crippen molar-refractivity contribution in [1.29, 1.82) is 0 Å². The van der Waals surface area contributed by atoms with Gasteiger partial charge in [0.05, 0.1) is 5.56 Å². The van der Waals surface area contributed by atoms with Gasteiger partial charge in [-0.15, -0.1) is 0 Å². The molecular weight excluding hydrogens is 835 g/mol. The number of anilines is 2. The Balaban J connectivity index is 0.000000228. The summed E-state index contributed by atoms with van der Waals surface area (Å²) in [6.45, 7) is 6.93. The summed E-state index contributed by atoms with van der Waals surface area (Å²) in [5.41, 5.74) is 5.77. The van der Waals surface area contributed by atoms with Crippen LogP contribution >= 0.6 is 0 Å². The van der Waals surface area contributed by atoms with Crippen molar-refractivity contribution in [3.8, 4) is 22.6 Å². The van der Waals surface area contributed by atoms with E-state index in [1.54, 1.807) is 76.2 Å². The lowest BCUT2D eigenvalue weighted by Crippen LogP contribution is -2.42. The van der Waals surface area contributed by atoms with Crippen molar-refractivity contribution in [2.75, 3.05) is 10.6 Å². The van der Waals surface area contributed by atoms with E-state index in [0.29, 0.717) is 45.4 Å². The highest BCUT2D eigenvalue weighted by Crippen LogP contribution is 2.33. The van der Waals surface area contributed by atoms with Crippen LogP contribution in [0.4, 0.5) is 21.0 Å².